The van der Waals surface area contributed by atoms with Gasteiger partial charge in [-0.1, -0.05) is 54.6 Å². The summed E-state index contributed by atoms with van der Waals surface area (Å²) in [5, 5.41) is 10.4. The van der Waals surface area contributed by atoms with Crippen LogP contribution in [-0.2, 0) is 4.79 Å². The number of carboxylic acids is 1. The van der Waals surface area contributed by atoms with Crippen molar-refractivity contribution in [2.75, 3.05) is 0 Å². The molecule has 0 saturated carbocycles. The molecule has 0 saturated heterocycles. The monoisotopic (exact) mass is 255 g/mol. The Hall–Kier alpha value is -2.13. The van der Waals surface area contributed by atoms with Crippen LogP contribution < -0.4 is 10.8 Å². The Bertz CT molecular complexity index is 534. The van der Waals surface area contributed by atoms with Gasteiger partial charge < -0.3 is 15.6 Å². The van der Waals surface area contributed by atoms with Crippen molar-refractivity contribution in [2.24, 2.45) is 0 Å². The predicted molar refractivity (Wildman–Crippen MR) is 71.7 cm³/mol. The lowest BCUT2D eigenvalue weighted by molar-refractivity contribution is -0.428. The molecule has 0 bridgehead atoms. The van der Waals surface area contributed by atoms with Crippen molar-refractivity contribution in [2.45, 2.75) is 18.9 Å². The van der Waals surface area contributed by atoms with Gasteiger partial charge >= 0.3 is 0 Å². The van der Waals surface area contributed by atoms with E-state index in [1.165, 1.54) is 5.56 Å². The summed E-state index contributed by atoms with van der Waals surface area (Å²) in [6.45, 7) is 0. The lowest BCUT2D eigenvalue weighted by Gasteiger charge is -2.10. The van der Waals surface area contributed by atoms with Crippen LogP contribution in [0.15, 0.2) is 54.6 Å². The van der Waals surface area contributed by atoms with E-state index in [0.29, 0.717) is 6.42 Å². The normalized spacial score (nSPS) is 12.1. The highest BCUT2D eigenvalue weighted by Gasteiger charge is 2.09. The standard InChI is InChI=1S/C16H17NO2/c17-15(10-11-16(18)19)14-8-6-13(7-9-14)12-4-2-1-3-5-12/h1-9,15H,10-11,17H2,(H,18,19)/t15-/m1/s1. The van der Waals surface area contributed by atoms with E-state index in [4.69, 9.17) is 0 Å². The minimum absolute atomic E-state index is 0.0114. The van der Waals surface area contributed by atoms with E-state index in [0.717, 1.165) is 11.1 Å². The van der Waals surface area contributed by atoms with Crippen molar-refractivity contribution in [1.29, 1.82) is 0 Å². The highest BCUT2D eigenvalue weighted by molar-refractivity contribution is 5.64. The summed E-state index contributed by atoms with van der Waals surface area (Å²) in [6.07, 6.45) is 0.557. The molecule has 2 rings (SSSR count). The van der Waals surface area contributed by atoms with Gasteiger partial charge in [-0.05, 0) is 17.5 Å². The topological polar surface area (TPSA) is 67.8 Å². The van der Waals surface area contributed by atoms with Crippen LogP contribution in [0.25, 0.3) is 11.1 Å². The highest BCUT2D eigenvalue weighted by atomic mass is 16.4. The average molecular weight is 255 g/mol. The Morgan fingerprint density at radius 2 is 1.58 bits per heavy atom. The van der Waals surface area contributed by atoms with Gasteiger partial charge in [-0.3, -0.25) is 0 Å². The third-order valence-corrected chi connectivity index (χ3v) is 3.19. The van der Waals surface area contributed by atoms with Gasteiger partial charge in [0.25, 0.3) is 0 Å². The van der Waals surface area contributed by atoms with Gasteiger partial charge in [-0.15, -0.1) is 0 Å². The Labute approximate surface area is 112 Å². The Kier molecular flexibility index (Phi) is 4.31. The Morgan fingerprint density at radius 3 is 2.16 bits per heavy atom. The molecule has 0 amide bonds. The lowest BCUT2D eigenvalue weighted by atomic mass is 9.99. The molecule has 0 heterocycles. The second-order valence-electron chi connectivity index (χ2n) is 4.60. The van der Waals surface area contributed by atoms with Crippen LogP contribution in [0.5, 0.6) is 0 Å². The van der Waals surface area contributed by atoms with Gasteiger partial charge in [0.05, 0.1) is 0 Å². The first kappa shape index (κ1) is 13.3. The third-order valence-electron chi connectivity index (χ3n) is 3.19. The molecular formula is C16H17NO2. The van der Waals surface area contributed by atoms with Gasteiger partial charge in [-0.2, -0.15) is 0 Å². The fourth-order valence-electron chi connectivity index (χ4n) is 2.04. The van der Waals surface area contributed by atoms with Crippen LogP contribution in [-0.4, -0.2) is 5.97 Å². The summed E-state index contributed by atoms with van der Waals surface area (Å²) < 4.78 is 0. The number of aliphatic carboxylic acids is 1. The van der Waals surface area contributed by atoms with Crippen LogP contribution in [0.4, 0.5) is 0 Å². The van der Waals surface area contributed by atoms with Gasteiger partial charge in [0.15, 0.2) is 0 Å². The van der Waals surface area contributed by atoms with E-state index in [-0.39, 0.29) is 12.5 Å². The summed E-state index contributed by atoms with van der Waals surface area (Å²) in [5.74, 6) is -1.02. The zero-order valence-corrected chi connectivity index (χ0v) is 10.7. The fourth-order valence-corrected chi connectivity index (χ4v) is 2.04. The number of quaternary nitrogens is 1. The first-order valence-corrected chi connectivity index (χ1v) is 6.35. The lowest BCUT2D eigenvalue weighted by Crippen LogP contribution is -2.53. The van der Waals surface area contributed by atoms with Crippen molar-refractivity contribution in [3.63, 3.8) is 0 Å². The fraction of sp³-hybridized carbons (Fsp3) is 0.188. The molecular weight excluding hydrogens is 238 g/mol. The summed E-state index contributed by atoms with van der Waals surface area (Å²) in [4.78, 5) is 10.4. The minimum Gasteiger partial charge on any atom is -0.550 e. The quantitative estimate of drug-likeness (QED) is 0.871. The molecule has 0 unspecified atom stereocenters. The third kappa shape index (κ3) is 3.66. The van der Waals surface area contributed by atoms with Gasteiger partial charge in [0, 0.05) is 18.0 Å². The van der Waals surface area contributed by atoms with Crippen LogP contribution in [0.3, 0.4) is 0 Å². The van der Waals surface area contributed by atoms with E-state index in [9.17, 15) is 9.90 Å². The molecule has 98 valence electrons. The predicted octanol–water partition coefficient (Wildman–Crippen LogP) is 1.17. The first-order valence-electron chi connectivity index (χ1n) is 6.35. The molecule has 2 aromatic rings. The Balaban J connectivity index is 2.08. The van der Waals surface area contributed by atoms with Crippen LogP contribution in [0, 0.1) is 0 Å². The molecule has 0 spiro atoms. The average Bonchev–Trinajstić information content (AvgIpc) is 2.46. The van der Waals surface area contributed by atoms with Gasteiger partial charge in [0.1, 0.15) is 6.04 Å². The molecule has 3 nitrogen and oxygen atoms in total. The molecule has 0 fully saturated rings. The SMILES string of the molecule is [NH3+][C@H](CCC(=O)[O-])c1ccc(-c2ccccc2)cc1. The van der Waals surface area contributed by atoms with Gasteiger partial charge in [-0.25, -0.2) is 0 Å². The van der Waals surface area contributed by atoms with E-state index < -0.39 is 5.97 Å². The smallest absolute Gasteiger partial charge is 0.110 e. The zero-order chi connectivity index (χ0) is 13.7. The molecule has 1 atom stereocenters. The van der Waals surface area contributed by atoms with Crippen LogP contribution >= 0.6 is 0 Å². The molecule has 0 radical (unpaired) electrons. The van der Waals surface area contributed by atoms with Crippen molar-refractivity contribution in [3.05, 3.63) is 60.2 Å². The number of carbonyl (C=O) groups is 1. The minimum atomic E-state index is -1.02. The van der Waals surface area contributed by atoms with Crippen molar-refractivity contribution >= 4 is 5.97 Å². The zero-order valence-electron chi connectivity index (χ0n) is 10.7. The summed E-state index contributed by atoms with van der Waals surface area (Å²) in [5.41, 5.74) is 7.37. The van der Waals surface area contributed by atoms with E-state index in [1.54, 1.807) is 0 Å². The molecule has 0 aliphatic rings. The summed E-state index contributed by atoms with van der Waals surface area (Å²) >= 11 is 0. The maximum atomic E-state index is 10.4. The van der Waals surface area contributed by atoms with Crippen molar-refractivity contribution in [1.82, 2.24) is 0 Å². The molecule has 0 aromatic heterocycles. The molecule has 0 aliphatic carbocycles. The van der Waals surface area contributed by atoms with E-state index in [1.807, 2.05) is 42.5 Å². The van der Waals surface area contributed by atoms with Crippen molar-refractivity contribution < 1.29 is 15.6 Å². The largest absolute Gasteiger partial charge is 0.550 e. The van der Waals surface area contributed by atoms with E-state index >= 15 is 0 Å². The molecule has 3 heteroatoms. The molecule has 0 aliphatic heterocycles. The van der Waals surface area contributed by atoms with Gasteiger partial charge in [0.2, 0.25) is 0 Å². The second-order valence-corrected chi connectivity index (χ2v) is 4.60. The molecule has 3 N–H and O–H groups in total. The summed E-state index contributed by atoms with van der Waals surface area (Å²) in [6, 6.07) is 18.2. The number of rotatable bonds is 5. The first-order chi connectivity index (χ1) is 9.16. The maximum absolute atomic E-state index is 10.4. The highest BCUT2D eigenvalue weighted by Crippen LogP contribution is 2.21. The summed E-state index contributed by atoms with van der Waals surface area (Å²) in [7, 11) is 0. The number of hydrogen-bond donors (Lipinski definition) is 1. The number of hydrogen-bond acceptors (Lipinski definition) is 2. The van der Waals surface area contributed by atoms with Crippen LogP contribution in [0.2, 0.25) is 0 Å². The maximum Gasteiger partial charge on any atom is 0.110 e. The molecule has 19 heavy (non-hydrogen) atoms. The molecule has 2 aromatic carbocycles. The van der Waals surface area contributed by atoms with E-state index in [2.05, 4.69) is 17.9 Å². The number of carboxylic acid groups (broad SMARTS) is 1. The van der Waals surface area contributed by atoms with Crippen LogP contribution in [0.1, 0.15) is 24.4 Å². The second kappa shape index (κ2) is 6.16. The van der Waals surface area contributed by atoms with Crippen molar-refractivity contribution in [3.8, 4) is 11.1 Å². The Morgan fingerprint density at radius 1 is 1.00 bits per heavy atom. The number of carbonyl (C=O) groups excluding carboxylic acids is 1. The number of benzene rings is 2.